The highest BCUT2D eigenvalue weighted by molar-refractivity contribution is 5.84. The van der Waals surface area contributed by atoms with Crippen molar-refractivity contribution in [3.8, 4) is 0 Å². The van der Waals surface area contributed by atoms with E-state index >= 15 is 0 Å². The number of hydrazine groups is 1. The number of halogens is 1. The van der Waals surface area contributed by atoms with E-state index in [1.54, 1.807) is 12.1 Å². The quantitative estimate of drug-likeness (QED) is 0.683. The summed E-state index contributed by atoms with van der Waals surface area (Å²) in [5.41, 5.74) is 8.97. The predicted octanol–water partition coefficient (Wildman–Crippen LogP) is 2.01. The third-order valence-electron chi connectivity index (χ3n) is 3.03. The zero-order valence-corrected chi connectivity index (χ0v) is 8.68. The van der Waals surface area contributed by atoms with Gasteiger partial charge in [-0.05, 0) is 23.8 Å². The molecule has 1 aromatic carbocycles. The van der Waals surface area contributed by atoms with Crippen molar-refractivity contribution in [3.05, 3.63) is 48.1 Å². The van der Waals surface area contributed by atoms with Gasteiger partial charge in [-0.1, -0.05) is 6.58 Å². The van der Waals surface area contributed by atoms with Crippen LogP contribution in [0.3, 0.4) is 0 Å². The summed E-state index contributed by atoms with van der Waals surface area (Å²) in [5.74, 6) is -0.0200. The van der Waals surface area contributed by atoms with E-state index in [-0.39, 0.29) is 11.7 Å². The Morgan fingerprint density at radius 1 is 1.38 bits per heavy atom. The number of aromatic amines is 1. The van der Waals surface area contributed by atoms with E-state index in [4.69, 9.17) is 0 Å². The highest BCUT2D eigenvalue weighted by Crippen LogP contribution is 2.30. The first-order valence-corrected chi connectivity index (χ1v) is 5.20. The number of rotatable bonds is 1. The summed E-state index contributed by atoms with van der Waals surface area (Å²) in [5, 5.41) is 0.927. The summed E-state index contributed by atoms with van der Waals surface area (Å²) in [4.78, 5) is 3.15. The monoisotopic (exact) mass is 217 g/mol. The second-order valence-electron chi connectivity index (χ2n) is 4.02. The molecule has 16 heavy (non-hydrogen) atoms. The molecule has 2 aromatic rings. The Bertz CT molecular complexity index is 558. The summed E-state index contributed by atoms with van der Waals surface area (Å²) in [6, 6.07) is 4.78. The first-order valence-electron chi connectivity index (χ1n) is 5.20. The van der Waals surface area contributed by atoms with E-state index in [0.717, 1.165) is 28.7 Å². The standard InChI is InChI=1S/C12H12FN3/c1-7-10(6-15-16-7)11-5-14-12-3-2-8(13)4-9(11)12/h2-5,10,14-16H,1,6H2. The van der Waals surface area contributed by atoms with Crippen LogP contribution in [0, 0.1) is 5.82 Å². The van der Waals surface area contributed by atoms with Gasteiger partial charge in [-0.2, -0.15) is 0 Å². The molecule has 3 N–H and O–H groups in total. The lowest BCUT2D eigenvalue weighted by atomic mass is 9.97. The third-order valence-corrected chi connectivity index (χ3v) is 3.03. The lowest BCUT2D eigenvalue weighted by molar-refractivity contribution is 0.629. The first kappa shape index (κ1) is 9.42. The Kier molecular flexibility index (Phi) is 1.97. The Labute approximate surface area is 92.3 Å². The average molecular weight is 217 g/mol. The summed E-state index contributed by atoms with van der Waals surface area (Å²) in [6.45, 7) is 4.72. The fraction of sp³-hybridized carbons (Fsp3) is 0.167. The second-order valence-corrected chi connectivity index (χ2v) is 4.02. The van der Waals surface area contributed by atoms with Crippen molar-refractivity contribution < 1.29 is 4.39 Å². The number of benzene rings is 1. The van der Waals surface area contributed by atoms with Crippen LogP contribution in [0.2, 0.25) is 0 Å². The molecular weight excluding hydrogens is 205 g/mol. The summed E-state index contributed by atoms with van der Waals surface area (Å²) < 4.78 is 13.2. The fourth-order valence-corrected chi connectivity index (χ4v) is 2.18. The van der Waals surface area contributed by atoms with Gasteiger partial charge in [0, 0.05) is 35.3 Å². The molecule has 3 nitrogen and oxygen atoms in total. The summed E-state index contributed by atoms with van der Waals surface area (Å²) in [6.07, 6.45) is 1.93. The molecule has 0 spiro atoms. The Balaban J connectivity index is 2.16. The second kappa shape index (κ2) is 3.35. The van der Waals surface area contributed by atoms with Crippen LogP contribution >= 0.6 is 0 Å². The van der Waals surface area contributed by atoms with Crippen LogP contribution in [0.1, 0.15) is 11.5 Å². The van der Waals surface area contributed by atoms with Crippen LogP contribution in [0.5, 0.6) is 0 Å². The van der Waals surface area contributed by atoms with E-state index in [1.165, 1.54) is 6.07 Å². The SMILES string of the molecule is C=C1NNCC1c1c[nH]c2ccc(F)cc12. The van der Waals surface area contributed by atoms with Gasteiger partial charge in [-0.3, -0.25) is 0 Å². The van der Waals surface area contributed by atoms with E-state index < -0.39 is 0 Å². The zero-order valence-electron chi connectivity index (χ0n) is 8.68. The minimum Gasteiger partial charge on any atom is -0.361 e. The van der Waals surface area contributed by atoms with E-state index in [9.17, 15) is 4.39 Å². The van der Waals surface area contributed by atoms with Gasteiger partial charge in [-0.15, -0.1) is 0 Å². The maximum atomic E-state index is 13.2. The molecule has 1 aromatic heterocycles. The number of H-pyrrole nitrogens is 1. The van der Waals surface area contributed by atoms with Crippen LogP contribution in [0.4, 0.5) is 4.39 Å². The van der Waals surface area contributed by atoms with Crippen LogP contribution in [-0.2, 0) is 0 Å². The molecule has 2 heterocycles. The van der Waals surface area contributed by atoms with Crippen molar-refractivity contribution in [2.24, 2.45) is 0 Å². The van der Waals surface area contributed by atoms with Crippen molar-refractivity contribution >= 4 is 10.9 Å². The highest BCUT2D eigenvalue weighted by Gasteiger charge is 2.23. The first-order chi connectivity index (χ1) is 7.75. The van der Waals surface area contributed by atoms with Crippen LogP contribution < -0.4 is 10.9 Å². The molecule has 0 radical (unpaired) electrons. The third kappa shape index (κ3) is 1.31. The van der Waals surface area contributed by atoms with Gasteiger partial charge in [0.1, 0.15) is 5.82 Å². The van der Waals surface area contributed by atoms with Gasteiger partial charge < -0.3 is 10.4 Å². The molecule has 0 saturated carbocycles. The van der Waals surface area contributed by atoms with Gasteiger partial charge in [0.25, 0.3) is 0 Å². The van der Waals surface area contributed by atoms with Gasteiger partial charge in [0.15, 0.2) is 0 Å². The number of aromatic nitrogens is 1. The molecule has 1 fully saturated rings. The normalized spacial score (nSPS) is 20.3. The van der Waals surface area contributed by atoms with Gasteiger partial charge >= 0.3 is 0 Å². The topological polar surface area (TPSA) is 39.8 Å². The smallest absolute Gasteiger partial charge is 0.123 e. The maximum absolute atomic E-state index is 13.2. The van der Waals surface area contributed by atoms with Crippen LogP contribution in [0.15, 0.2) is 36.7 Å². The molecule has 0 amide bonds. The molecule has 1 atom stereocenters. The number of hydrogen-bond acceptors (Lipinski definition) is 2. The highest BCUT2D eigenvalue weighted by atomic mass is 19.1. The molecule has 1 aliphatic heterocycles. The largest absolute Gasteiger partial charge is 0.361 e. The Hall–Kier alpha value is -1.81. The molecule has 1 unspecified atom stereocenters. The molecule has 1 aliphatic rings. The Morgan fingerprint density at radius 3 is 3.00 bits per heavy atom. The lowest BCUT2D eigenvalue weighted by Gasteiger charge is -2.07. The minimum absolute atomic E-state index is 0.190. The molecule has 1 saturated heterocycles. The van der Waals surface area contributed by atoms with Crippen LogP contribution in [0.25, 0.3) is 10.9 Å². The maximum Gasteiger partial charge on any atom is 0.123 e. The summed E-state index contributed by atoms with van der Waals surface area (Å²) >= 11 is 0. The lowest BCUT2D eigenvalue weighted by Crippen LogP contribution is -2.20. The van der Waals surface area contributed by atoms with Crippen molar-refractivity contribution in [2.45, 2.75) is 5.92 Å². The van der Waals surface area contributed by atoms with E-state index in [1.807, 2.05) is 6.20 Å². The van der Waals surface area contributed by atoms with Crippen molar-refractivity contribution in [3.63, 3.8) is 0 Å². The molecule has 4 heteroatoms. The number of fused-ring (bicyclic) bond motifs is 1. The number of hydrogen-bond donors (Lipinski definition) is 3. The fourth-order valence-electron chi connectivity index (χ4n) is 2.18. The van der Waals surface area contributed by atoms with Gasteiger partial charge in [0.2, 0.25) is 0 Å². The van der Waals surface area contributed by atoms with Crippen molar-refractivity contribution in [1.82, 2.24) is 15.8 Å². The van der Waals surface area contributed by atoms with Crippen molar-refractivity contribution in [2.75, 3.05) is 6.54 Å². The predicted molar refractivity (Wildman–Crippen MR) is 61.3 cm³/mol. The molecular formula is C12H12FN3. The van der Waals surface area contributed by atoms with Crippen LogP contribution in [-0.4, -0.2) is 11.5 Å². The molecule has 82 valence electrons. The Morgan fingerprint density at radius 2 is 2.25 bits per heavy atom. The molecule has 3 rings (SSSR count). The van der Waals surface area contributed by atoms with E-state index in [2.05, 4.69) is 22.4 Å². The van der Waals surface area contributed by atoms with Gasteiger partial charge in [-0.25, -0.2) is 9.82 Å². The molecule has 0 bridgehead atoms. The van der Waals surface area contributed by atoms with Crippen molar-refractivity contribution in [1.29, 1.82) is 0 Å². The van der Waals surface area contributed by atoms with Gasteiger partial charge in [0.05, 0.1) is 0 Å². The zero-order chi connectivity index (χ0) is 11.1. The minimum atomic E-state index is -0.210. The molecule has 0 aliphatic carbocycles. The number of nitrogens with one attached hydrogen (secondary N) is 3. The van der Waals surface area contributed by atoms with E-state index in [0.29, 0.717) is 0 Å². The summed E-state index contributed by atoms with van der Waals surface area (Å²) in [7, 11) is 0. The average Bonchev–Trinajstić information content (AvgIpc) is 2.83.